The van der Waals surface area contributed by atoms with Crippen molar-refractivity contribution < 1.29 is 4.79 Å². The van der Waals surface area contributed by atoms with Crippen molar-refractivity contribution in [3.8, 4) is 0 Å². The van der Waals surface area contributed by atoms with E-state index in [1.807, 2.05) is 42.3 Å². The quantitative estimate of drug-likeness (QED) is 0.892. The highest BCUT2D eigenvalue weighted by Crippen LogP contribution is 2.30. The summed E-state index contributed by atoms with van der Waals surface area (Å²) in [4.78, 5) is 13.8. The highest BCUT2D eigenvalue weighted by molar-refractivity contribution is 7.11. The van der Waals surface area contributed by atoms with Crippen LogP contribution >= 0.6 is 11.5 Å². The summed E-state index contributed by atoms with van der Waals surface area (Å²) in [5.41, 5.74) is 7.38. The second-order valence-electron chi connectivity index (χ2n) is 4.17. The fourth-order valence-electron chi connectivity index (χ4n) is 1.82. The monoisotopic (exact) mass is 276 g/mol. The number of nitrogen functional groups attached to an aromatic ring is 1. The van der Waals surface area contributed by atoms with E-state index in [4.69, 9.17) is 5.73 Å². The number of hydrogen-bond acceptors (Lipinski definition) is 5. The molecule has 1 heterocycles. The topological polar surface area (TPSA) is 71.2 Å². The van der Waals surface area contributed by atoms with Crippen LogP contribution in [0.5, 0.6) is 0 Å². The third-order valence-electron chi connectivity index (χ3n) is 2.76. The van der Waals surface area contributed by atoms with E-state index < -0.39 is 0 Å². The summed E-state index contributed by atoms with van der Waals surface area (Å²) < 4.78 is 4.07. The van der Waals surface area contributed by atoms with Gasteiger partial charge < -0.3 is 16.0 Å². The molecule has 0 radical (unpaired) electrons. The summed E-state index contributed by atoms with van der Waals surface area (Å²) in [6.45, 7) is 0.701. The number of hydrogen-bond donors (Lipinski definition) is 2. The van der Waals surface area contributed by atoms with Gasteiger partial charge in [-0.1, -0.05) is 30.3 Å². The molecule has 0 unspecified atom stereocenters. The minimum absolute atomic E-state index is 0.207. The molecule has 0 saturated carbocycles. The molecule has 0 spiro atoms. The van der Waals surface area contributed by atoms with E-state index in [9.17, 15) is 4.79 Å². The van der Waals surface area contributed by atoms with Crippen LogP contribution in [0.25, 0.3) is 0 Å². The highest BCUT2D eigenvalue weighted by atomic mass is 32.1. The summed E-state index contributed by atoms with van der Waals surface area (Å²) in [5, 5.41) is 3.37. The standard InChI is InChI=1S/C13H16N4OS/c1-15-12(18)10-11(14)16-19-13(10)17(2)8-9-6-4-3-5-7-9/h3-7H,8H2,1-2H3,(H2,14,16)(H,15,18). The first-order valence-corrected chi connectivity index (χ1v) is 6.63. The average Bonchev–Trinajstić information content (AvgIpc) is 2.81. The molecule has 1 amide bonds. The first-order valence-electron chi connectivity index (χ1n) is 5.85. The van der Waals surface area contributed by atoms with Crippen molar-refractivity contribution in [1.29, 1.82) is 0 Å². The lowest BCUT2D eigenvalue weighted by molar-refractivity contribution is 0.0964. The maximum atomic E-state index is 11.8. The molecule has 0 fully saturated rings. The molecule has 5 nitrogen and oxygen atoms in total. The van der Waals surface area contributed by atoms with Gasteiger partial charge in [0.05, 0.1) is 0 Å². The van der Waals surface area contributed by atoms with E-state index in [1.54, 1.807) is 7.05 Å². The Balaban J connectivity index is 2.24. The molecule has 0 saturated heterocycles. The van der Waals surface area contributed by atoms with Crippen molar-refractivity contribution in [3.05, 3.63) is 41.5 Å². The van der Waals surface area contributed by atoms with Crippen LogP contribution in [-0.2, 0) is 6.54 Å². The number of rotatable bonds is 4. The fraction of sp³-hybridized carbons (Fsp3) is 0.231. The van der Waals surface area contributed by atoms with Gasteiger partial charge in [0.1, 0.15) is 10.6 Å². The molecular weight excluding hydrogens is 260 g/mol. The lowest BCUT2D eigenvalue weighted by Gasteiger charge is -2.18. The van der Waals surface area contributed by atoms with Crippen LogP contribution in [-0.4, -0.2) is 24.4 Å². The van der Waals surface area contributed by atoms with Gasteiger partial charge in [-0.15, -0.1) is 0 Å². The Hall–Kier alpha value is -2.08. The molecule has 0 aliphatic heterocycles. The van der Waals surface area contributed by atoms with Gasteiger partial charge >= 0.3 is 0 Å². The number of anilines is 2. The Bertz CT molecular complexity index is 567. The molecule has 2 rings (SSSR count). The molecule has 1 aromatic heterocycles. The molecule has 0 bridgehead atoms. The smallest absolute Gasteiger partial charge is 0.257 e. The minimum Gasteiger partial charge on any atom is -0.382 e. The molecule has 6 heteroatoms. The molecular formula is C13H16N4OS. The Morgan fingerprint density at radius 3 is 2.74 bits per heavy atom. The van der Waals surface area contributed by atoms with E-state index in [0.717, 1.165) is 5.00 Å². The number of carbonyl (C=O) groups is 1. The molecule has 2 aromatic rings. The molecule has 19 heavy (non-hydrogen) atoms. The predicted molar refractivity (Wildman–Crippen MR) is 78.5 cm³/mol. The van der Waals surface area contributed by atoms with Gasteiger partial charge in [-0.25, -0.2) is 0 Å². The van der Waals surface area contributed by atoms with E-state index in [0.29, 0.717) is 12.1 Å². The van der Waals surface area contributed by atoms with Crippen LogP contribution in [0.15, 0.2) is 30.3 Å². The summed E-state index contributed by atoms with van der Waals surface area (Å²) >= 11 is 1.24. The number of nitrogens with zero attached hydrogens (tertiary/aromatic N) is 2. The van der Waals surface area contributed by atoms with E-state index >= 15 is 0 Å². The van der Waals surface area contributed by atoms with Crippen molar-refractivity contribution in [2.24, 2.45) is 0 Å². The first-order chi connectivity index (χ1) is 9.13. The zero-order valence-corrected chi connectivity index (χ0v) is 11.7. The molecule has 0 aliphatic carbocycles. The third-order valence-corrected chi connectivity index (χ3v) is 3.74. The summed E-state index contributed by atoms with van der Waals surface area (Å²) in [7, 11) is 3.51. The van der Waals surface area contributed by atoms with Crippen LogP contribution in [0.3, 0.4) is 0 Å². The fourth-order valence-corrected chi connectivity index (χ4v) is 2.59. The molecule has 3 N–H and O–H groups in total. The summed E-state index contributed by atoms with van der Waals surface area (Å²) in [5.74, 6) is 0.0698. The van der Waals surface area contributed by atoms with Gasteiger partial charge in [0.15, 0.2) is 5.82 Å². The number of carbonyl (C=O) groups excluding carboxylic acids is 1. The van der Waals surface area contributed by atoms with Crippen LogP contribution in [0, 0.1) is 0 Å². The van der Waals surface area contributed by atoms with E-state index in [-0.39, 0.29) is 11.7 Å². The average molecular weight is 276 g/mol. The van der Waals surface area contributed by atoms with Gasteiger partial charge in [0.25, 0.3) is 5.91 Å². The normalized spacial score (nSPS) is 10.2. The largest absolute Gasteiger partial charge is 0.382 e. The van der Waals surface area contributed by atoms with Gasteiger partial charge in [0.2, 0.25) is 0 Å². The number of nitrogens with one attached hydrogen (secondary N) is 1. The zero-order chi connectivity index (χ0) is 13.8. The van der Waals surface area contributed by atoms with Crippen molar-refractivity contribution in [3.63, 3.8) is 0 Å². The second-order valence-corrected chi connectivity index (χ2v) is 4.92. The Labute approximate surface area is 116 Å². The van der Waals surface area contributed by atoms with Gasteiger partial charge in [-0.05, 0) is 17.1 Å². The number of benzene rings is 1. The molecule has 1 aromatic carbocycles. The van der Waals surface area contributed by atoms with Crippen LogP contribution < -0.4 is 16.0 Å². The molecule has 0 aliphatic rings. The van der Waals surface area contributed by atoms with E-state index in [2.05, 4.69) is 9.69 Å². The van der Waals surface area contributed by atoms with Crippen LogP contribution in [0.4, 0.5) is 10.8 Å². The minimum atomic E-state index is -0.207. The van der Waals surface area contributed by atoms with E-state index in [1.165, 1.54) is 17.1 Å². The number of amides is 1. The Morgan fingerprint density at radius 1 is 1.42 bits per heavy atom. The molecule has 100 valence electrons. The zero-order valence-electron chi connectivity index (χ0n) is 10.9. The van der Waals surface area contributed by atoms with Gasteiger partial charge in [-0.3, -0.25) is 4.79 Å². The number of nitrogens with two attached hydrogens (primary N) is 1. The molecule has 0 atom stereocenters. The Kier molecular flexibility index (Phi) is 4.01. The maximum Gasteiger partial charge on any atom is 0.257 e. The Morgan fingerprint density at radius 2 is 2.11 bits per heavy atom. The van der Waals surface area contributed by atoms with Crippen molar-refractivity contribution in [1.82, 2.24) is 9.69 Å². The van der Waals surface area contributed by atoms with Crippen LogP contribution in [0.1, 0.15) is 15.9 Å². The predicted octanol–water partition coefficient (Wildman–Crippen LogP) is 1.72. The second kappa shape index (κ2) is 5.71. The number of aromatic nitrogens is 1. The van der Waals surface area contributed by atoms with Crippen LogP contribution in [0.2, 0.25) is 0 Å². The SMILES string of the molecule is CNC(=O)c1c(N)nsc1N(C)Cc1ccccc1. The van der Waals surface area contributed by atoms with Crippen molar-refractivity contribution in [2.45, 2.75) is 6.54 Å². The lowest BCUT2D eigenvalue weighted by atomic mass is 10.2. The maximum absolute atomic E-state index is 11.8. The third kappa shape index (κ3) is 2.85. The summed E-state index contributed by atoms with van der Waals surface area (Å²) in [6, 6.07) is 10.0. The lowest BCUT2D eigenvalue weighted by Crippen LogP contribution is -2.23. The van der Waals surface area contributed by atoms with Gasteiger partial charge in [-0.2, -0.15) is 4.37 Å². The highest BCUT2D eigenvalue weighted by Gasteiger charge is 2.20. The van der Waals surface area contributed by atoms with Gasteiger partial charge in [0, 0.05) is 20.6 Å². The first kappa shape index (κ1) is 13.4. The van der Waals surface area contributed by atoms with Crippen molar-refractivity contribution in [2.75, 3.05) is 24.7 Å². The van der Waals surface area contributed by atoms with Crippen molar-refractivity contribution >= 4 is 28.3 Å². The summed E-state index contributed by atoms with van der Waals surface area (Å²) in [6.07, 6.45) is 0.